The third-order valence-corrected chi connectivity index (χ3v) is 3.98. The largest absolute Gasteiger partial charge is 0.497 e. The number of amides is 1. The third kappa shape index (κ3) is 4.98. The lowest BCUT2D eigenvalue weighted by Gasteiger charge is -2.14. The summed E-state index contributed by atoms with van der Waals surface area (Å²) in [5.74, 6) is 1.72. The second kappa shape index (κ2) is 8.55. The van der Waals surface area contributed by atoms with Crippen molar-refractivity contribution >= 4 is 17.5 Å². The highest BCUT2D eigenvalue weighted by molar-refractivity contribution is 6.30. The molecule has 0 unspecified atom stereocenters. The van der Waals surface area contributed by atoms with Crippen molar-refractivity contribution in [3.8, 4) is 22.9 Å². The highest BCUT2D eigenvalue weighted by atomic mass is 35.5. The molecule has 140 valence electrons. The number of nitrogens with one attached hydrogen (secondary N) is 1. The number of carbonyl (C=O) groups excluding carboxylic acids is 1. The molecule has 7 nitrogen and oxygen atoms in total. The molecule has 1 aromatic heterocycles. The highest BCUT2D eigenvalue weighted by Crippen LogP contribution is 2.19. The lowest BCUT2D eigenvalue weighted by molar-refractivity contribution is -0.127. The fourth-order valence-electron chi connectivity index (χ4n) is 2.26. The van der Waals surface area contributed by atoms with Gasteiger partial charge in [-0.3, -0.25) is 4.79 Å². The topological polar surface area (TPSA) is 86.5 Å². The van der Waals surface area contributed by atoms with Crippen molar-refractivity contribution in [3.05, 3.63) is 59.4 Å². The van der Waals surface area contributed by atoms with Gasteiger partial charge in [0.1, 0.15) is 11.5 Å². The highest BCUT2D eigenvalue weighted by Gasteiger charge is 2.16. The zero-order valence-electron chi connectivity index (χ0n) is 14.8. The maximum absolute atomic E-state index is 12.2. The van der Waals surface area contributed by atoms with Crippen LogP contribution in [0.5, 0.6) is 11.5 Å². The van der Waals surface area contributed by atoms with Gasteiger partial charge in [0.2, 0.25) is 11.7 Å². The fraction of sp³-hybridized carbons (Fsp3) is 0.211. The Morgan fingerprint density at radius 3 is 2.48 bits per heavy atom. The summed E-state index contributed by atoms with van der Waals surface area (Å²) in [7, 11) is 1.59. The van der Waals surface area contributed by atoms with Crippen molar-refractivity contribution in [1.82, 2.24) is 15.5 Å². The van der Waals surface area contributed by atoms with E-state index in [1.807, 2.05) is 0 Å². The van der Waals surface area contributed by atoms with Crippen LogP contribution < -0.4 is 14.8 Å². The van der Waals surface area contributed by atoms with E-state index in [1.165, 1.54) is 0 Å². The van der Waals surface area contributed by atoms with E-state index in [4.69, 9.17) is 25.6 Å². The van der Waals surface area contributed by atoms with Gasteiger partial charge in [-0.25, -0.2) is 0 Å². The van der Waals surface area contributed by atoms with E-state index in [1.54, 1.807) is 62.6 Å². The number of ether oxygens (including phenoxy) is 2. The Morgan fingerprint density at radius 2 is 1.81 bits per heavy atom. The molecule has 1 atom stereocenters. The molecule has 0 saturated carbocycles. The van der Waals surface area contributed by atoms with Crippen LogP contribution in [-0.2, 0) is 11.3 Å². The van der Waals surface area contributed by atoms with Gasteiger partial charge in [-0.05, 0) is 55.5 Å². The lowest BCUT2D eigenvalue weighted by atomic mass is 10.2. The summed E-state index contributed by atoms with van der Waals surface area (Å²) in [6.07, 6.45) is -0.683. The summed E-state index contributed by atoms with van der Waals surface area (Å²) in [4.78, 5) is 16.4. The smallest absolute Gasteiger partial charge is 0.261 e. The number of hydrogen-bond acceptors (Lipinski definition) is 6. The first-order valence-corrected chi connectivity index (χ1v) is 8.60. The van der Waals surface area contributed by atoms with Gasteiger partial charge in [0.15, 0.2) is 6.10 Å². The summed E-state index contributed by atoms with van der Waals surface area (Å²) >= 11 is 5.86. The van der Waals surface area contributed by atoms with E-state index >= 15 is 0 Å². The van der Waals surface area contributed by atoms with Crippen LogP contribution in [0.4, 0.5) is 0 Å². The van der Waals surface area contributed by atoms with Crippen LogP contribution in [0.25, 0.3) is 11.4 Å². The Morgan fingerprint density at radius 1 is 1.15 bits per heavy atom. The quantitative estimate of drug-likeness (QED) is 0.667. The number of carbonyl (C=O) groups is 1. The first-order chi connectivity index (χ1) is 13.0. The summed E-state index contributed by atoms with van der Waals surface area (Å²) in [6.45, 7) is 1.77. The van der Waals surface area contributed by atoms with Crippen LogP contribution in [0, 0.1) is 0 Å². The van der Waals surface area contributed by atoms with Crippen LogP contribution in [0.1, 0.15) is 12.8 Å². The minimum absolute atomic E-state index is 0.107. The molecular weight excluding hydrogens is 370 g/mol. The zero-order valence-corrected chi connectivity index (χ0v) is 15.6. The molecule has 1 heterocycles. The van der Waals surface area contributed by atoms with Crippen molar-refractivity contribution < 1.29 is 18.8 Å². The first-order valence-electron chi connectivity index (χ1n) is 8.22. The molecule has 1 amide bonds. The molecule has 3 rings (SSSR count). The number of benzene rings is 2. The molecule has 0 saturated heterocycles. The van der Waals surface area contributed by atoms with Crippen molar-refractivity contribution in [2.24, 2.45) is 0 Å². The van der Waals surface area contributed by atoms with Gasteiger partial charge in [0.05, 0.1) is 13.7 Å². The zero-order chi connectivity index (χ0) is 19.2. The Bertz CT molecular complexity index is 894. The molecule has 0 aliphatic heterocycles. The van der Waals surface area contributed by atoms with E-state index in [0.29, 0.717) is 28.2 Å². The van der Waals surface area contributed by atoms with Gasteiger partial charge in [0, 0.05) is 10.6 Å². The van der Waals surface area contributed by atoms with E-state index in [2.05, 4.69) is 15.5 Å². The molecular formula is C19H18ClN3O4. The standard InChI is InChI=1S/C19H18ClN3O4/c1-12(26-16-9-7-15(25-2)8-10-16)19(24)21-11-17-22-18(23-27-17)13-3-5-14(20)6-4-13/h3-10,12H,11H2,1-2H3,(H,21,24)/t12-/m0/s1. The second-order valence-electron chi connectivity index (χ2n) is 5.67. The second-order valence-corrected chi connectivity index (χ2v) is 6.11. The average molecular weight is 388 g/mol. The van der Waals surface area contributed by atoms with E-state index < -0.39 is 6.10 Å². The van der Waals surface area contributed by atoms with Crippen molar-refractivity contribution in [2.45, 2.75) is 19.6 Å². The average Bonchev–Trinajstić information content (AvgIpc) is 3.16. The summed E-state index contributed by atoms with van der Waals surface area (Å²) in [5, 5.41) is 7.23. The molecule has 2 aromatic carbocycles. The van der Waals surface area contributed by atoms with Crippen molar-refractivity contribution in [1.29, 1.82) is 0 Å². The monoisotopic (exact) mass is 387 g/mol. The van der Waals surface area contributed by atoms with Gasteiger partial charge in [-0.1, -0.05) is 16.8 Å². The molecule has 0 fully saturated rings. The molecule has 0 bridgehead atoms. The predicted octanol–water partition coefficient (Wildman–Crippen LogP) is 3.48. The maximum atomic E-state index is 12.2. The lowest BCUT2D eigenvalue weighted by Crippen LogP contribution is -2.35. The van der Waals surface area contributed by atoms with Gasteiger partial charge >= 0.3 is 0 Å². The molecule has 0 radical (unpaired) electrons. The number of nitrogens with zero attached hydrogens (tertiary/aromatic N) is 2. The van der Waals surface area contributed by atoms with Crippen LogP contribution >= 0.6 is 11.6 Å². The van der Waals surface area contributed by atoms with Crippen molar-refractivity contribution in [2.75, 3.05) is 7.11 Å². The number of rotatable bonds is 7. The SMILES string of the molecule is COc1ccc(O[C@@H](C)C(=O)NCc2nc(-c3ccc(Cl)cc3)no2)cc1. The Labute approximate surface area is 161 Å². The Balaban J connectivity index is 1.53. The molecule has 0 aliphatic carbocycles. The minimum Gasteiger partial charge on any atom is -0.497 e. The van der Waals surface area contributed by atoms with Gasteiger partial charge in [-0.15, -0.1) is 0 Å². The number of halogens is 1. The van der Waals surface area contributed by atoms with Crippen LogP contribution in [-0.4, -0.2) is 29.3 Å². The van der Waals surface area contributed by atoms with Gasteiger partial charge < -0.3 is 19.3 Å². The Hall–Kier alpha value is -3.06. The fourth-order valence-corrected chi connectivity index (χ4v) is 2.39. The summed E-state index contributed by atoms with van der Waals surface area (Å²) < 4.78 is 15.8. The molecule has 0 spiro atoms. The van der Waals surface area contributed by atoms with E-state index in [0.717, 1.165) is 5.56 Å². The van der Waals surface area contributed by atoms with Gasteiger partial charge in [0.25, 0.3) is 5.91 Å². The maximum Gasteiger partial charge on any atom is 0.261 e. The molecule has 8 heteroatoms. The number of aromatic nitrogens is 2. The van der Waals surface area contributed by atoms with Crippen LogP contribution in [0.3, 0.4) is 0 Å². The molecule has 27 heavy (non-hydrogen) atoms. The number of hydrogen-bond donors (Lipinski definition) is 1. The first kappa shape index (κ1) is 18.7. The summed E-state index contributed by atoms with van der Waals surface area (Å²) in [6, 6.07) is 14.1. The molecule has 3 aromatic rings. The molecule has 0 aliphatic rings. The van der Waals surface area contributed by atoms with Gasteiger partial charge in [-0.2, -0.15) is 4.98 Å². The number of methoxy groups -OCH3 is 1. The minimum atomic E-state index is -0.683. The van der Waals surface area contributed by atoms with Crippen molar-refractivity contribution in [3.63, 3.8) is 0 Å². The van der Waals surface area contributed by atoms with E-state index in [-0.39, 0.29) is 12.5 Å². The molecule has 1 N–H and O–H groups in total. The van der Waals surface area contributed by atoms with E-state index in [9.17, 15) is 4.79 Å². The predicted molar refractivity (Wildman–Crippen MR) is 99.7 cm³/mol. The van der Waals surface area contributed by atoms with Crippen LogP contribution in [0.15, 0.2) is 53.1 Å². The Kier molecular flexibility index (Phi) is 5.93. The third-order valence-electron chi connectivity index (χ3n) is 3.73. The van der Waals surface area contributed by atoms with Crippen LogP contribution in [0.2, 0.25) is 5.02 Å². The summed E-state index contributed by atoms with van der Waals surface area (Å²) in [5.41, 5.74) is 0.775. The normalized spacial score (nSPS) is 11.7.